The largest absolute Gasteiger partial charge is 0.409 e. The normalized spacial score (nSPS) is 10.2. The lowest BCUT2D eigenvalue weighted by atomic mass is 10.7. The van der Waals surface area contributed by atoms with E-state index in [1.807, 2.05) is 6.92 Å². The highest BCUT2D eigenvalue weighted by Crippen LogP contribution is 1.73. The Bertz CT molecular complexity index is 201. The van der Waals surface area contributed by atoms with Crippen molar-refractivity contribution in [2.45, 2.75) is 13.8 Å². The van der Waals surface area contributed by atoms with Crippen molar-refractivity contribution in [2.24, 2.45) is 10.9 Å². The fourth-order valence-electron chi connectivity index (χ4n) is 0.267. The molecule has 1 aromatic rings. The van der Waals surface area contributed by atoms with E-state index in [1.165, 1.54) is 13.3 Å². The van der Waals surface area contributed by atoms with Crippen LogP contribution in [-0.2, 0) is 0 Å². The van der Waals surface area contributed by atoms with Gasteiger partial charge in [0.15, 0.2) is 0 Å². The van der Waals surface area contributed by atoms with E-state index in [-0.39, 0.29) is 5.84 Å². The fraction of sp³-hybridized carbons (Fsp3) is 0.400. The maximum atomic E-state index is 7.61. The summed E-state index contributed by atoms with van der Waals surface area (Å²) in [6.45, 7) is 3.35. The molecule has 6 heteroatoms. The van der Waals surface area contributed by atoms with Gasteiger partial charge in [0.05, 0.1) is 0 Å². The standard InChI is InChI=1S/C3H5N3.C2H6N2O/c1-3-4-2-5-6-3;1-2(3)4-5/h2H,1H3,(H,4,5,6);5H,1H3,(H2,3,4). The second kappa shape index (κ2) is 5.21. The van der Waals surface area contributed by atoms with Crippen molar-refractivity contribution in [3.63, 3.8) is 0 Å². The number of hydrogen-bond donors (Lipinski definition) is 3. The Labute approximate surface area is 64.1 Å². The lowest BCUT2D eigenvalue weighted by molar-refractivity contribution is 0.318. The molecule has 0 aliphatic heterocycles. The van der Waals surface area contributed by atoms with Crippen LogP contribution in [0.15, 0.2) is 11.5 Å². The molecule has 4 N–H and O–H groups in total. The van der Waals surface area contributed by atoms with E-state index in [2.05, 4.69) is 20.3 Å². The van der Waals surface area contributed by atoms with Crippen LogP contribution < -0.4 is 5.73 Å². The lowest BCUT2D eigenvalue weighted by Gasteiger charge is -1.73. The van der Waals surface area contributed by atoms with Crippen molar-refractivity contribution in [1.82, 2.24) is 15.2 Å². The minimum atomic E-state index is 0.185. The average molecular weight is 157 g/mol. The third-order valence-electron chi connectivity index (χ3n) is 0.693. The molecule has 0 fully saturated rings. The molecule has 0 bridgehead atoms. The van der Waals surface area contributed by atoms with E-state index in [9.17, 15) is 0 Å². The van der Waals surface area contributed by atoms with Crippen LogP contribution in [0.4, 0.5) is 0 Å². The zero-order valence-corrected chi connectivity index (χ0v) is 6.44. The number of rotatable bonds is 0. The van der Waals surface area contributed by atoms with Gasteiger partial charge < -0.3 is 10.9 Å². The van der Waals surface area contributed by atoms with E-state index < -0.39 is 0 Å². The summed E-state index contributed by atoms with van der Waals surface area (Å²) in [7, 11) is 0. The minimum Gasteiger partial charge on any atom is -0.409 e. The monoisotopic (exact) mass is 157 g/mol. The predicted molar refractivity (Wildman–Crippen MR) is 40.2 cm³/mol. The van der Waals surface area contributed by atoms with Gasteiger partial charge in [-0.25, -0.2) is 4.98 Å². The van der Waals surface area contributed by atoms with E-state index >= 15 is 0 Å². The van der Waals surface area contributed by atoms with Crippen LogP contribution in [0.5, 0.6) is 0 Å². The van der Waals surface area contributed by atoms with E-state index in [4.69, 9.17) is 10.9 Å². The third kappa shape index (κ3) is 6.29. The molecule has 0 aromatic carbocycles. The van der Waals surface area contributed by atoms with Gasteiger partial charge in [-0.1, -0.05) is 5.16 Å². The highest BCUT2D eigenvalue weighted by Gasteiger charge is 1.75. The molecule has 0 aliphatic carbocycles. The Kier molecular flexibility index (Phi) is 4.46. The van der Waals surface area contributed by atoms with Crippen molar-refractivity contribution in [3.05, 3.63) is 12.2 Å². The fourth-order valence-corrected chi connectivity index (χ4v) is 0.267. The number of nitrogens with two attached hydrogens (primary N) is 1. The van der Waals surface area contributed by atoms with Crippen LogP contribution in [0.2, 0.25) is 0 Å². The van der Waals surface area contributed by atoms with Gasteiger partial charge in [0, 0.05) is 0 Å². The molecule has 0 atom stereocenters. The molecule has 6 nitrogen and oxygen atoms in total. The summed E-state index contributed by atoms with van der Waals surface area (Å²) in [6.07, 6.45) is 1.48. The predicted octanol–water partition coefficient (Wildman–Crippen LogP) is -0.134. The Balaban J connectivity index is 0.000000187. The van der Waals surface area contributed by atoms with Crippen LogP contribution in [0, 0.1) is 6.92 Å². The molecule has 0 saturated heterocycles. The zero-order chi connectivity index (χ0) is 8.69. The third-order valence-corrected chi connectivity index (χ3v) is 0.693. The second-order valence-corrected chi connectivity index (χ2v) is 1.81. The highest BCUT2D eigenvalue weighted by molar-refractivity contribution is 5.76. The van der Waals surface area contributed by atoms with Crippen LogP contribution >= 0.6 is 0 Å². The summed E-state index contributed by atoms with van der Waals surface area (Å²) >= 11 is 0. The van der Waals surface area contributed by atoms with E-state index in [1.54, 1.807) is 0 Å². The molecule has 0 unspecified atom stereocenters. The number of nitrogens with zero attached hydrogens (tertiary/aromatic N) is 3. The van der Waals surface area contributed by atoms with Gasteiger partial charge in [-0.05, 0) is 13.8 Å². The van der Waals surface area contributed by atoms with Crippen LogP contribution in [0.25, 0.3) is 0 Å². The molecule has 11 heavy (non-hydrogen) atoms. The molecular formula is C5H11N5O. The van der Waals surface area contributed by atoms with Crippen LogP contribution in [0.1, 0.15) is 12.7 Å². The molecule has 0 aliphatic rings. The molecular weight excluding hydrogens is 146 g/mol. The molecule has 0 saturated carbocycles. The quantitative estimate of drug-likeness (QED) is 0.211. The molecule has 1 heterocycles. The van der Waals surface area contributed by atoms with Crippen LogP contribution in [0.3, 0.4) is 0 Å². The SMILES string of the molecule is C/C(N)=N/O.Cc1ncn[nH]1. The Morgan fingerprint density at radius 2 is 2.36 bits per heavy atom. The van der Waals surface area contributed by atoms with Gasteiger partial charge in [-0.15, -0.1) is 0 Å². The first kappa shape index (κ1) is 9.41. The van der Waals surface area contributed by atoms with E-state index in [0.29, 0.717) is 0 Å². The number of H-pyrrole nitrogens is 1. The van der Waals surface area contributed by atoms with Gasteiger partial charge in [0.2, 0.25) is 0 Å². The first-order valence-corrected chi connectivity index (χ1v) is 2.93. The number of nitrogens with one attached hydrogen (secondary N) is 1. The van der Waals surface area contributed by atoms with Gasteiger partial charge in [-0.3, -0.25) is 5.10 Å². The van der Waals surface area contributed by atoms with E-state index in [0.717, 1.165) is 5.82 Å². The van der Waals surface area contributed by atoms with Gasteiger partial charge in [0.25, 0.3) is 0 Å². The maximum absolute atomic E-state index is 7.61. The van der Waals surface area contributed by atoms with Crippen LogP contribution in [-0.4, -0.2) is 26.2 Å². The van der Waals surface area contributed by atoms with Crippen molar-refractivity contribution >= 4 is 5.84 Å². The summed E-state index contributed by atoms with van der Waals surface area (Å²) in [4.78, 5) is 3.75. The van der Waals surface area contributed by atoms with Gasteiger partial charge in [-0.2, -0.15) is 5.10 Å². The second-order valence-electron chi connectivity index (χ2n) is 1.81. The molecule has 1 rings (SSSR count). The Morgan fingerprint density at radius 3 is 2.45 bits per heavy atom. The number of oxime groups is 1. The number of amidine groups is 1. The zero-order valence-electron chi connectivity index (χ0n) is 6.44. The molecule has 62 valence electrons. The van der Waals surface area contributed by atoms with Crippen molar-refractivity contribution < 1.29 is 5.21 Å². The topological polar surface area (TPSA) is 100 Å². The lowest BCUT2D eigenvalue weighted by Crippen LogP contribution is -2.03. The summed E-state index contributed by atoms with van der Waals surface area (Å²) in [5.74, 6) is 1.04. The highest BCUT2D eigenvalue weighted by atomic mass is 16.4. The van der Waals surface area contributed by atoms with Crippen molar-refractivity contribution in [3.8, 4) is 0 Å². The first-order valence-electron chi connectivity index (χ1n) is 2.93. The van der Waals surface area contributed by atoms with Crippen molar-refractivity contribution in [1.29, 1.82) is 0 Å². The summed E-state index contributed by atoms with van der Waals surface area (Å²) < 4.78 is 0. The summed E-state index contributed by atoms with van der Waals surface area (Å²) in [5, 5.41) is 16.4. The smallest absolute Gasteiger partial charge is 0.137 e. The number of aryl methyl sites for hydroxylation is 1. The Morgan fingerprint density at radius 1 is 1.82 bits per heavy atom. The molecule has 0 amide bonds. The molecule has 1 aromatic heterocycles. The maximum Gasteiger partial charge on any atom is 0.137 e. The molecule has 0 radical (unpaired) electrons. The summed E-state index contributed by atoms with van der Waals surface area (Å²) in [5.41, 5.74) is 4.79. The molecule has 0 spiro atoms. The first-order chi connectivity index (χ1) is 5.16. The van der Waals surface area contributed by atoms with Crippen molar-refractivity contribution in [2.75, 3.05) is 0 Å². The number of hydrogen-bond acceptors (Lipinski definition) is 4. The number of aromatic nitrogens is 3. The van der Waals surface area contributed by atoms with Gasteiger partial charge >= 0.3 is 0 Å². The summed E-state index contributed by atoms with van der Waals surface area (Å²) in [6, 6.07) is 0. The van der Waals surface area contributed by atoms with Gasteiger partial charge in [0.1, 0.15) is 18.0 Å². The Hall–Kier alpha value is -1.59. The average Bonchev–Trinajstić information content (AvgIpc) is 2.41. The number of aromatic amines is 1. The minimum absolute atomic E-state index is 0.185.